The van der Waals surface area contributed by atoms with Crippen molar-refractivity contribution in [1.29, 1.82) is 0 Å². The fourth-order valence-corrected chi connectivity index (χ4v) is 14.4. The fraction of sp³-hybridized carbons (Fsp3) is 0. The Hall–Kier alpha value is -14.4. The van der Waals surface area contributed by atoms with Gasteiger partial charge in [0, 0.05) is 100 Å². The van der Waals surface area contributed by atoms with Crippen LogP contribution >= 0.6 is 0 Å². The van der Waals surface area contributed by atoms with Crippen LogP contribution in [0.5, 0.6) is 0 Å². The molecule has 2 heterocycles. The highest BCUT2D eigenvalue weighted by Crippen LogP contribution is 2.47. The summed E-state index contributed by atoms with van der Waals surface area (Å²) in [4.78, 5) is 4.66. The van der Waals surface area contributed by atoms with E-state index in [0.29, 0.717) is 33.4 Å². The Bertz CT molecular complexity index is 6110. The number of para-hydroxylation sites is 5. The minimum absolute atomic E-state index is 0.600. The summed E-state index contributed by atoms with van der Waals surface area (Å²) in [6.45, 7) is 0. The lowest BCUT2D eigenvalue weighted by molar-refractivity contribution is 1.18. The Kier molecular flexibility index (Phi) is 15.6. The third kappa shape index (κ3) is 10.6. The lowest BCUT2D eigenvalue weighted by Gasteiger charge is -2.28. The van der Waals surface area contributed by atoms with Crippen LogP contribution in [0.25, 0.3) is 111 Å². The van der Waals surface area contributed by atoms with Gasteiger partial charge in [-0.25, -0.2) is 0 Å². The third-order valence-electron chi connectivity index (χ3n) is 18.9. The molecule has 0 aliphatic carbocycles. The Morgan fingerprint density at radius 2 is 0.530 bits per heavy atom. The Labute approximate surface area is 583 Å². The normalized spacial score (nSPS) is 10.9. The molecule has 0 fully saturated rings. The molecule has 0 bridgehead atoms. The molecule has 4 heteroatoms. The molecule has 16 aromatic rings. The summed E-state index contributed by atoms with van der Waals surface area (Å²) >= 11 is 0. The predicted octanol–water partition coefficient (Wildman–Crippen LogP) is 23.0. The van der Waals surface area contributed by atoms with E-state index < -0.39 is 0 Å². The van der Waals surface area contributed by atoms with E-state index in [1.54, 1.807) is 0 Å². The van der Waals surface area contributed by atoms with Gasteiger partial charge in [-0.2, -0.15) is 0 Å². The van der Waals surface area contributed by atoms with E-state index >= 15 is 0 Å². The lowest BCUT2D eigenvalue weighted by atomic mass is 9.87. The van der Waals surface area contributed by atoms with Gasteiger partial charge >= 0.3 is 0 Å². The quantitative estimate of drug-likeness (QED) is 0.107. The molecule has 0 aliphatic heterocycles. The van der Waals surface area contributed by atoms with Gasteiger partial charge in [0.1, 0.15) is 0 Å². The van der Waals surface area contributed by atoms with E-state index in [4.69, 9.17) is 38.5 Å². The topological polar surface area (TPSA) is 16.3 Å². The van der Waals surface area contributed by atoms with Crippen molar-refractivity contribution < 1.29 is 0 Å². The summed E-state index contributed by atoms with van der Waals surface area (Å²) < 4.78 is 4.69. The second kappa shape index (κ2) is 25.7. The fourth-order valence-electron chi connectivity index (χ4n) is 14.4. The van der Waals surface area contributed by atoms with Crippen LogP contribution in [0.3, 0.4) is 0 Å². The Balaban J connectivity index is 0.878. The molecule has 4 nitrogen and oxygen atoms in total. The van der Waals surface area contributed by atoms with Crippen LogP contribution in [-0.2, 0) is 0 Å². The Morgan fingerprint density at radius 3 is 0.940 bits per heavy atom. The number of terminal acetylenes is 6. The summed E-state index contributed by atoms with van der Waals surface area (Å²) in [5.74, 6) is 17.3. The summed E-state index contributed by atoms with van der Waals surface area (Å²) in [6, 6.07) is 111. The van der Waals surface area contributed by atoms with Crippen LogP contribution in [0.15, 0.2) is 315 Å². The molecule has 16 rings (SSSR count). The number of anilines is 6. The highest BCUT2D eigenvalue weighted by Gasteiger charge is 2.24. The first-order valence-corrected chi connectivity index (χ1v) is 32.9. The van der Waals surface area contributed by atoms with Gasteiger partial charge in [-0.3, -0.25) is 0 Å². The number of aromatic nitrogens is 2. The van der Waals surface area contributed by atoms with Crippen LogP contribution in [0, 0.1) is 74.1 Å². The molecule has 14 aromatic carbocycles. The zero-order chi connectivity index (χ0) is 67.8. The Morgan fingerprint density at radius 1 is 0.210 bits per heavy atom. The lowest BCUT2D eigenvalue weighted by Crippen LogP contribution is -2.10. The van der Waals surface area contributed by atoms with Gasteiger partial charge in [-0.15, -0.1) is 38.5 Å². The molecule has 0 aliphatic rings. The monoisotopic (exact) mass is 1270 g/mol. The average molecular weight is 1270 g/mol. The van der Waals surface area contributed by atoms with Crippen LogP contribution in [-0.4, -0.2) is 9.13 Å². The molecule has 0 spiro atoms. The standard InChI is InChI=1S/C96H58N4/c1-7-65-29-26-40-86(83(65)10-4)72-57-70(58-73(60-72)87-41-27-30-66(8-2)84(87)11-5)71-59-74(88-42-28-31-67(9-3)85(88)12-6)62-82(61-71)98(81-54-56-96-92(64-81)90-39-23-25-44-94(90)100(96)77-36-20-15-21-37-77)79-51-47-69(48-52-79)68-45-49-78(50-46-68)97(75-32-16-13-17-33-75)80-53-55-95-91(63-80)89-38-22-24-43-93(89)99(95)76-34-18-14-19-35-76/h1-6,13-64H. The SMILES string of the molecule is C#Cc1cccc(-c2cc(-c3cc(-c4cccc(C#C)c4C#C)cc(N(c4ccc(-c5ccc(N(c6ccccc6)c6ccc7c(c6)c6ccccc6n7-c6ccccc6)cc5)cc4)c4ccc5c(c4)c4ccccc4n5-c4ccccc4)c3)cc(-c3cccc(C#C)c3C#C)c2)c1C#C. The summed E-state index contributed by atoms with van der Waals surface area (Å²) in [5.41, 5.74) is 24.8. The van der Waals surface area contributed by atoms with Crippen molar-refractivity contribution in [3.8, 4) is 141 Å². The van der Waals surface area contributed by atoms with Gasteiger partial charge in [-0.1, -0.05) is 187 Å². The van der Waals surface area contributed by atoms with Gasteiger partial charge in [0.05, 0.1) is 22.1 Å². The van der Waals surface area contributed by atoms with Crippen LogP contribution in [0.2, 0.25) is 0 Å². The molecule has 0 atom stereocenters. The largest absolute Gasteiger partial charge is 0.310 e. The second-order valence-corrected chi connectivity index (χ2v) is 24.5. The molecular weight excluding hydrogens is 1210 g/mol. The number of benzene rings is 14. The van der Waals surface area contributed by atoms with Crippen molar-refractivity contribution in [2.24, 2.45) is 0 Å². The minimum atomic E-state index is 0.600. The highest BCUT2D eigenvalue weighted by molar-refractivity contribution is 6.12. The number of fused-ring (bicyclic) bond motifs is 6. The molecular formula is C96H58N4. The summed E-state index contributed by atoms with van der Waals surface area (Å²) in [7, 11) is 0. The van der Waals surface area contributed by atoms with Crippen molar-refractivity contribution in [3.63, 3.8) is 0 Å². The minimum Gasteiger partial charge on any atom is -0.310 e. The summed E-state index contributed by atoms with van der Waals surface area (Å²) in [6.07, 6.45) is 37.7. The van der Waals surface area contributed by atoms with E-state index in [1.165, 1.54) is 10.8 Å². The smallest absolute Gasteiger partial charge is 0.0542 e. The molecule has 0 N–H and O–H groups in total. The highest BCUT2D eigenvalue weighted by atomic mass is 15.1. The number of hydrogen-bond acceptors (Lipinski definition) is 2. The molecule has 0 saturated carbocycles. The second-order valence-electron chi connectivity index (χ2n) is 24.5. The first kappa shape index (κ1) is 60.6. The first-order valence-electron chi connectivity index (χ1n) is 32.9. The van der Waals surface area contributed by atoms with Crippen LogP contribution in [0.4, 0.5) is 34.1 Å². The third-order valence-corrected chi connectivity index (χ3v) is 18.9. The number of rotatable bonds is 13. The van der Waals surface area contributed by atoms with Gasteiger partial charge in [0.2, 0.25) is 0 Å². The molecule has 0 unspecified atom stereocenters. The van der Waals surface area contributed by atoms with Crippen LogP contribution < -0.4 is 9.80 Å². The number of hydrogen-bond donors (Lipinski definition) is 0. The number of nitrogens with zero attached hydrogens (tertiary/aromatic N) is 4. The van der Waals surface area contributed by atoms with Crippen molar-refractivity contribution >= 4 is 77.7 Å². The molecule has 462 valence electrons. The van der Waals surface area contributed by atoms with Gasteiger partial charge in [-0.05, 0) is 219 Å². The van der Waals surface area contributed by atoms with E-state index in [1.807, 2.05) is 60.7 Å². The summed E-state index contributed by atoms with van der Waals surface area (Å²) in [5, 5.41) is 4.57. The van der Waals surface area contributed by atoms with Gasteiger partial charge < -0.3 is 18.9 Å². The zero-order valence-corrected chi connectivity index (χ0v) is 54.3. The maximum absolute atomic E-state index is 6.48. The van der Waals surface area contributed by atoms with Crippen molar-refractivity contribution in [2.75, 3.05) is 9.80 Å². The molecule has 0 amide bonds. The van der Waals surface area contributed by atoms with Gasteiger partial charge in [0.15, 0.2) is 0 Å². The first-order chi connectivity index (χ1) is 49.3. The van der Waals surface area contributed by atoms with Crippen LogP contribution in [0.1, 0.15) is 33.4 Å². The van der Waals surface area contributed by atoms with Crippen molar-refractivity contribution in [3.05, 3.63) is 349 Å². The maximum Gasteiger partial charge on any atom is 0.0542 e. The van der Waals surface area contributed by atoms with Crippen molar-refractivity contribution in [1.82, 2.24) is 9.13 Å². The molecule has 2 aromatic heterocycles. The van der Waals surface area contributed by atoms with E-state index in [-0.39, 0.29) is 0 Å². The van der Waals surface area contributed by atoms with E-state index in [0.717, 1.165) is 134 Å². The molecule has 0 radical (unpaired) electrons. The van der Waals surface area contributed by atoms with Gasteiger partial charge in [0.25, 0.3) is 0 Å². The zero-order valence-electron chi connectivity index (χ0n) is 54.3. The van der Waals surface area contributed by atoms with E-state index in [2.05, 4.69) is 309 Å². The van der Waals surface area contributed by atoms with E-state index in [9.17, 15) is 0 Å². The predicted molar refractivity (Wildman–Crippen MR) is 419 cm³/mol. The molecule has 0 saturated heterocycles. The molecule has 100 heavy (non-hydrogen) atoms. The maximum atomic E-state index is 6.48. The van der Waals surface area contributed by atoms with Crippen molar-refractivity contribution in [2.45, 2.75) is 0 Å². The average Bonchev–Trinajstić information content (AvgIpc) is 1.58.